The second-order valence-corrected chi connectivity index (χ2v) is 6.38. The summed E-state index contributed by atoms with van der Waals surface area (Å²) in [5.41, 5.74) is 0.858. The van der Waals surface area contributed by atoms with Crippen molar-refractivity contribution in [3.05, 3.63) is 50.7 Å². The van der Waals surface area contributed by atoms with Crippen molar-refractivity contribution in [2.75, 3.05) is 5.32 Å². The van der Waals surface area contributed by atoms with Gasteiger partial charge >= 0.3 is 0 Å². The molecule has 0 saturated carbocycles. The molecule has 0 aliphatic rings. The average Bonchev–Trinajstić information content (AvgIpc) is 2.91. The molecule has 0 radical (unpaired) electrons. The highest BCUT2D eigenvalue weighted by atomic mass is 35.5. The van der Waals surface area contributed by atoms with E-state index in [9.17, 15) is 9.59 Å². The van der Waals surface area contributed by atoms with Gasteiger partial charge < -0.3 is 5.32 Å². The van der Waals surface area contributed by atoms with Gasteiger partial charge in [-0.1, -0.05) is 11.6 Å². The first-order valence-corrected chi connectivity index (χ1v) is 7.78. The summed E-state index contributed by atoms with van der Waals surface area (Å²) >= 11 is 7.32. The Bertz CT molecular complexity index is 762. The molecule has 0 fully saturated rings. The fraction of sp³-hybridized carbons (Fsp3) is 0.188. The first-order chi connectivity index (χ1) is 10.5. The van der Waals surface area contributed by atoms with Crippen LogP contribution in [0.2, 0.25) is 5.02 Å². The van der Waals surface area contributed by atoms with Gasteiger partial charge in [-0.2, -0.15) is 5.26 Å². The van der Waals surface area contributed by atoms with Gasteiger partial charge in [0.1, 0.15) is 6.07 Å². The third-order valence-electron chi connectivity index (χ3n) is 2.97. The van der Waals surface area contributed by atoms with Gasteiger partial charge in [0.2, 0.25) is 5.91 Å². The van der Waals surface area contributed by atoms with Crippen LogP contribution in [0.25, 0.3) is 0 Å². The van der Waals surface area contributed by atoms with Crippen LogP contribution in [-0.2, 0) is 4.79 Å². The van der Waals surface area contributed by atoms with Crippen LogP contribution in [0.15, 0.2) is 30.3 Å². The largest absolute Gasteiger partial charge is 0.326 e. The molecule has 0 bridgehead atoms. The van der Waals surface area contributed by atoms with Crippen molar-refractivity contribution in [2.24, 2.45) is 0 Å². The summed E-state index contributed by atoms with van der Waals surface area (Å²) in [5, 5.41) is 11.7. The molecule has 0 saturated heterocycles. The lowest BCUT2D eigenvalue weighted by atomic mass is 10.1. The topological polar surface area (TPSA) is 70.0 Å². The number of nitrogens with one attached hydrogen (secondary N) is 1. The van der Waals surface area contributed by atoms with Gasteiger partial charge in [-0.3, -0.25) is 9.59 Å². The number of carbonyl (C=O) groups excluding carboxylic acids is 2. The Morgan fingerprint density at radius 2 is 2.05 bits per heavy atom. The van der Waals surface area contributed by atoms with Crippen molar-refractivity contribution in [1.29, 1.82) is 5.26 Å². The van der Waals surface area contributed by atoms with Gasteiger partial charge in [-0.25, -0.2) is 0 Å². The van der Waals surface area contributed by atoms with E-state index in [4.69, 9.17) is 16.9 Å². The van der Waals surface area contributed by atoms with E-state index in [0.717, 1.165) is 4.88 Å². The second-order valence-electron chi connectivity index (χ2n) is 4.69. The number of halogens is 1. The zero-order chi connectivity index (χ0) is 16.1. The van der Waals surface area contributed by atoms with Gasteiger partial charge in [0.25, 0.3) is 0 Å². The highest BCUT2D eigenvalue weighted by molar-refractivity contribution is 7.14. The molecule has 0 spiro atoms. The number of nitrogens with zero attached hydrogens (tertiary/aromatic N) is 1. The molecule has 2 aromatic rings. The van der Waals surface area contributed by atoms with Crippen molar-refractivity contribution in [3.8, 4) is 6.07 Å². The van der Waals surface area contributed by atoms with Crippen LogP contribution in [-0.4, -0.2) is 11.7 Å². The highest BCUT2D eigenvalue weighted by Crippen LogP contribution is 2.21. The van der Waals surface area contributed by atoms with E-state index >= 15 is 0 Å². The van der Waals surface area contributed by atoms with E-state index in [0.29, 0.717) is 16.1 Å². The molecule has 1 aromatic heterocycles. The Kier molecular flexibility index (Phi) is 5.31. The summed E-state index contributed by atoms with van der Waals surface area (Å²) in [6.45, 7) is 1.93. The molecule has 2 rings (SSSR count). The Morgan fingerprint density at radius 1 is 1.27 bits per heavy atom. The first kappa shape index (κ1) is 16.2. The normalized spacial score (nSPS) is 10.0. The number of benzene rings is 1. The quantitative estimate of drug-likeness (QED) is 0.835. The van der Waals surface area contributed by atoms with Crippen LogP contribution < -0.4 is 5.32 Å². The lowest BCUT2D eigenvalue weighted by Crippen LogP contribution is -2.13. The molecular formula is C16H13ClN2O2S. The van der Waals surface area contributed by atoms with E-state index in [1.807, 2.05) is 19.1 Å². The van der Waals surface area contributed by atoms with Crippen molar-refractivity contribution in [1.82, 2.24) is 0 Å². The van der Waals surface area contributed by atoms with Crippen LogP contribution in [0.1, 0.15) is 33.0 Å². The molecule has 0 aliphatic heterocycles. The maximum absolute atomic E-state index is 11.9. The summed E-state index contributed by atoms with van der Waals surface area (Å²) in [6.07, 6.45) is 0.267. The number of nitriles is 1. The third-order valence-corrected chi connectivity index (χ3v) is 4.32. The molecule has 112 valence electrons. The van der Waals surface area contributed by atoms with Crippen LogP contribution in [0.3, 0.4) is 0 Å². The van der Waals surface area contributed by atoms with Gasteiger partial charge in [-0.05, 0) is 37.3 Å². The minimum atomic E-state index is -0.262. The summed E-state index contributed by atoms with van der Waals surface area (Å²) < 4.78 is 0. The number of amides is 1. The molecule has 0 aliphatic carbocycles. The van der Waals surface area contributed by atoms with Gasteiger partial charge in [0.05, 0.1) is 15.5 Å². The number of anilines is 1. The average molecular weight is 333 g/mol. The number of carbonyl (C=O) groups is 2. The molecule has 6 heteroatoms. The molecule has 0 unspecified atom stereocenters. The van der Waals surface area contributed by atoms with E-state index in [1.165, 1.54) is 23.5 Å². The second kappa shape index (κ2) is 7.21. The third kappa shape index (κ3) is 4.17. The van der Waals surface area contributed by atoms with E-state index in [2.05, 4.69) is 5.32 Å². The van der Waals surface area contributed by atoms with Crippen LogP contribution in [0.4, 0.5) is 5.69 Å². The van der Waals surface area contributed by atoms with Gasteiger partial charge in [-0.15, -0.1) is 11.3 Å². The maximum Gasteiger partial charge on any atom is 0.224 e. The van der Waals surface area contributed by atoms with Gasteiger partial charge in [0, 0.05) is 23.4 Å². The molecule has 0 atom stereocenters. The Morgan fingerprint density at radius 3 is 2.64 bits per heavy atom. The standard InChI is InChI=1S/C16H13ClN2O2S/c1-10-2-6-15(22-10)14(20)5-7-16(21)19-12-4-3-11(9-18)13(17)8-12/h2-4,6,8H,5,7H2,1H3,(H,19,21). The molecule has 1 amide bonds. The summed E-state index contributed by atoms with van der Waals surface area (Å²) in [4.78, 5) is 25.5. The number of aryl methyl sites for hydroxylation is 1. The lowest BCUT2D eigenvalue weighted by Gasteiger charge is -2.05. The van der Waals surface area contributed by atoms with Crippen LogP contribution in [0.5, 0.6) is 0 Å². The van der Waals surface area contributed by atoms with E-state index in [1.54, 1.807) is 12.1 Å². The van der Waals surface area contributed by atoms with E-state index < -0.39 is 0 Å². The van der Waals surface area contributed by atoms with E-state index in [-0.39, 0.29) is 29.6 Å². The van der Waals surface area contributed by atoms with Gasteiger partial charge in [0.15, 0.2) is 5.78 Å². The number of hydrogen-bond donors (Lipinski definition) is 1. The Balaban J connectivity index is 1.89. The van der Waals surface area contributed by atoms with Crippen molar-refractivity contribution < 1.29 is 9.59 Å². The molecule has 1 N–H and O–H groups in total. The number of Topliss-reactive ketones (excluding diaryl/α,β-unsaturated/α-hetero) is 1. The molecule has 4 nitrogen and oxygen atoms in total. The summed E-state index contributed by atoms with van der Waals surface area (Å²) in [5.74, 6) is -0.298. The molecule has 1 aromatic carbocycles. The van der Waals surface area contributed by atoms with Crippen LogP contribution >= 0.6 is 22.9 Å². The summed E-state index contributed by atoms with van der Waals surface area (Å²) in [6, 6.07) is 10.3. The minimum Gasteiger partial charge on any atom is -0.326 e. The molecule has 1 heterocycles. The van der Waals surface area contributed by atoms with Crippen molar-refractivity contribution >= 4 is 40.3 Å². The Hall–Kier alpha value is -2.16. The number of hydrogen-bond acceptors (Lipinski definition) is 4. The zero-order valence-corrected chi connectivity index (χ0v) is 13.4. The van der Waals surface area contributed by atoms with Crippen molar-refractivity contribution in [2.45, 2.75) is 19.8 Å². The fourth-order valence-corrected chi connectivity index (χ4v) is 2.90. The smallest absolute Gasteiger partial charge is 0.224 e. The monoisotopic (exact) mass is 332 g/mol. The Labute approximate surface area is 137 Å². The minimum absolute atomic E-state index is 0.0360. The predicted molar refractivity (Wildman–Crippen MR) is 87.4 cm³/mol. The molecular weight excluding hydrogens is 320 g/mol. The van der Waals surface area contributed by atoms with Crippen LogP contribution in [0, 0.1) is 18.3 Å². The zero-order valence-electron chi connectivity index (χ0n) is 11.9. The maximum atomic E-state index is 11.9. The number of rotatable bonds is 5. The lowest BCUT2D eigenvalue weighted by molar-refractivity contribution is -0.116. The molecule has 22 heavy (non-hydrogen) atoms. The summed E-state index contributed by atoms with van der Waals surface area (Å²) in [7, 11) is 0. The number of thiophene rings is 1. The number of ketones is 1. The SMILES string of the molecule is Cc1ccc(C(=O)CCC(=O)Nc2ccc(C#N)c(Cl)c2)s1. The van der Waals surface area contributed by atoms with Crippen molar-refractivity contribution in [3.63, 3.8) is 0 Å². The highest BCUT2D eigenvalue weighted by Gasteiger charge is 2.11. The first-order valence-electron chi connectivity index (χ1n) is 6.58. The predicted octanol–water partition coefficient (Wildman–Crippen LogP) is 4.18. The fourth-order valence-electron chi connectivity index (χ4n) is 1.84.